The van der Waals surface area contributed by atoms with Crippen LogP contribution in [-0.2, 0) is 12.4 Å². The van der Waals surface area contributed by atoms with E-state index in [0.29, 0.717) is 12.5 Å². The molecule has 2 rings (SSSR count). The molecule has 5 heteroatoms. The minimum Gasteiger partial charge on any atom is -0.494 e. The zero-order valence-corrected chi connectivity index (χ0v) is 12.7. The maximum absolute atomic E-state index is 5.96. The second kappa shape index (κ2) is 7.20. The fourth-order valence-electron chi connectivity index (χ4n) is 2.05. The minimum atomic E-state index is 0.450. The summed E-state index contributed by atoms with van der Waals surface area (Å²) in [5.41, 5.74) is 2.07. The molecule has 0 fully saturated rings. The second-order valence-electron chi connectivity index (χ2n) is 4.48. The van der Waals surface area contributed by atoms with E-state index in [1.807, 2.05) is 44.4 Å². The Balaban J connectivity index is 1.94. The first kappa shape index (κ1) is 14.7. The Bertz CT molecular complexity index is 554. The molecule has 2 aromatic rings. The topological polar surface area (TPSA) is 39.1 Å². The SMILES string of the molecule is CCOc1ccc(NCCn2ccnc2C)cc1CCl. The highest BCUT2D eigenvalue weighted by atomic mass is 35.5. The third kappa shape index (κ3) is 3.67. The number of nitrogens with one attached hydrogen (secondary N) is 1. The predicted octanol–water partition coefficient (Wildman–Crippen LogP) is 3.44. The van der Waals surface area contributed by atoms with Gasteiger partial charge in [-0.3, -0.25) is 0 Å². The molecule has 0 unspecified atom stereocenters. The number of benzene rings is 1. The van der Waals surface area contributed by atoms with Crippen molar-refractivity contribution in [1.82, 2.24) is 9.55 Å². The molecular formula is C15H20ClN3O. The summed E-state index contributed by atoms with van der Waals surface area (Å²) >= 11 is 5.96. The van der Waals surface area contributed by atoms with Gasteiger partial charge in [-0.1, -0.05) is 0 Å². The number of hydrogen-bond donors (Lipinski definition) is 1. The van der Waals surface area contributed by atoms with E-state index in [1.54, 1.807) is 0 Å². The lowest BCUT2D eigenvalue weighted by Gasteiger charge is -2.12. The van der Waals surface area contributed by atoms with Gasteiger partial charge in [0.05, 0.1) is 12.5 Å². The highest BCUT2D eigenvalue weighted by molar-refractivity contribution is 6.17. The van der Waals surface area contributed by atoms with Gasteiger partial charge in [0, 0.05) is 36.7 Å². The van der Waals surface area contributed by atoms with Gasteiger partial charge in [0.25, 0.3) is 0 Å². The van der Waals surface area contributed by atoms with Gasteiger partial charge in [0.1, 0.15) is 11.6 Å². The summed E-state index contributed by atoms with van der Waals surface area (Å²) in [4.78, 5) is 4.20. The van der Waals surface area contributed by atoms with Crippen molar-refractivity contribution >= 4 is 17.3 Å². The molecule has 4 nitrogen and oxygen atoms in total. The number of aryl methyl sites for hydroxylation is 1. The van der Waals surface area contributed by atoms with Crippen LogP contribution in [-0.4, -0.2) is 22.7 Å². The number of ether oxygens (including phenoxy) is 1. The van der Waals surface area contributed by atoms with Crippen molar-refractivity contribution in [3.63, 3.8) is 0 Å². The lowest BCUT2D eigenvalue weighted by Crippen LogP contribution is -2.11. The first-order chi connectivity index (χ1) is 9.74. The van der Waals surface area contributed by atoms with Crippen LogP contribution < -0.4 is 10.1 Å². The Hall–Kier alpha value is -1.68. The maximum Gasteiger partial charge on any atom is 0.123 e. The van der Waals surface area contributed by atoms with Crippen molar-refractivity contribution < 1.29 is 4.74 Å². The lowest BCUT2D eigenvalue weighted by molar-refractivity contribution is 0.337. The number of aromatic nitrogens is 2. The van der Waals surface area contributed by atoms with Crippen LogP contribution in [0, 0.1) is 6.92 Å². The van der Waals surface area contributed by atoms with Crippen molar-refractivity contribution in [2.24, 2.45) is 0 Å². The molecule has 0 atom stereocenters. The van der Waals surface area contributed by atoms with Gasteiger partial charge in [-0.15, -0.1) is 11.6 Å². The molecule has 1 aromatic carbocycles. The van der Waals surface area contributed by atoms with Crippen LogP contribution in [0.15, 0.2) is 30.6 Å². The summed E-state index contributed by atoms with van der Waals surface area (Å²) in [6.07, 6.45) is 3.80. The largest absolute Gasteiger partial charge is 0.494 e. The molecule has 1 heterocycles. The number of alkyl halides is 1. The van der Waals surface area contributed by atoms with Crippen LogP contribution in [0.3, 0.4) is 0 Å². The molecule has 0 bridgehead atoms. The summed E-state index contributed by atoms with van der Waals surface area (Å²) in [6, 6.07) is 6.02. The van der Waals surface area contributed by atoms with Gasteiger partial charge in [-0.25, -0.2) is 4.98 Å². The molecule has 20 heavy (non-hydrogen) atoms. The maximum atomic E-state index is 5.96. The van der Waals surface area contributed by atoms with Gasteiger partial charge < -0.3 is 14.6 Å². The smallest absolute Gasteiger partial charge is 0.123 e. The molecule has 1 N–H and O–H groups in total. The average molecular weight is 294 g/mol. The van der Waals surface area contributed by atoms with Crippen molar-refractivity contribution in [3.05, 3.63) is 42.0 Å². The van der Waals surface area contributed by atoms with Crippen molar-refractivity contribution in [2.75, 3.05) is 18.5 Å². The standard InChI is InChI=1S/C15H20ClN3O/c1-3-20-15-5-4-14(10-13(15)11-16)18-7-9-19-8-6-17-12(19)2/h4-6,8,10,18H,3,7,9,11H2,1-2H3. The van der Waals surface area contributed by atoms with Gasteiger partial charge >= 0.3 is 0 Å². The van der Waals surface area contributed by atoms with Crippen LogP contribution in [0.25, 0.3) is 0 Å². The van der Waals surface area contributed by atoms with E-state index in [1.165, 1.54) is 0 Å². The number of imidazole rings is 1. The fourth-order valence-corrected chi connectivity index (χ4v) is 2.26. The summed E-state index contributed by atoms with van der Waals surface area (Å²) in [5, 5.41) is 3.39. The van der Waals surface area contributed by atoms with Gasteiger partial charge in [0.15, 0.2) is 0 Å². The molecule has 0 aliphatic rings. The third-order valence-electron chi connectivity index (χ3n) is 3.11. The fraction of sp³-hybridized carbons (Fsp3) is 0.400. The van der Waals surface area contributed by atoms with Crippen LogP contribution in [0.5, 0.6) is 5.75 Å². The number of anilines is 1. The number of hydrogen-bond acceptors (Lipinski definition) is 3. The van der Waals surface area contributed by atoms with Crippen molar-refractivity contribution in [2.45, 2.75) is 26.3 Å². The molecule has 0 aliphatic heterocycles. The van der Waals surface area contributed by atoms with E-state index in [-0.39, 0.29) is 0 Å². The molecule has 0 spiro atoms. The van der Waals surface area contributed by atoms with Crippen LogP contribution in [0.4, 0.5) is 5.69 Å². The number of nitrogens with zero attached hydrogens (tertiary/aromatic N) is 2. The zero-order valence-electron chi connectivity index (χ0n) is 11.9. The quantitative estimate of drug-likeness (QED) is 0.795. The van der Waals surface area contributed by atoms with E-state index in [4.69, 9.17) is 16.3 Å². The summed E-state index contributed by atoms with van der Waals surface area (Å²) in [5.74, 6) is 2.34. The molecule has 0 aliphatic carbocycles. The Morgan fingerprint density at radius 3 is 2.90 bits per heavy atom. The molecule has 0 amide bonds. The second-order valence-corrected chi connectivity index (χ2v) is 4.75. The monoisotopic (exact) mass is 293 g/mol. The van der Waals surface area contributed by atoms with Crippen LogP contribution in [0.2, 0.25) is 0 Å². The Morgan fingerprint density at radius 1 is 1.40 bits per heavy atom. The van der Waals surface area contributed by atoms with E-state index in [9.17, 15) is 0 Å². The highest BCUT2D eigenvalue weighted by Crippen LogP contribution is 2.24. The molecule has 108 valence electrons. The highest BCUT2D eigenvalue weighted by Gasteiger charge is 2.04. The molecule has 0 saturated carbocycles. The normalized spacial score (nSPS) is 10.6. The van der Waals surface area contributed by atoms with Crippen molar-refractivity contribution in [1.29, 1.82) is 0 Å². The van der Waals surface area contributed by atoms with Gasteiger partial charge in [-0.05, 0) is 32.0 Å². The molecule has 0 saturated heterocycles. The van der Waals surface area contributed by atoms with E-state index >= 15 is 0 Å². The number of rotatable bonds is 7. The Kier molecular flexibility index (Phi) is 5.30. The molecule has 0 radical (unpaired) electrons. The van der Waals surface area contributed by atoms with Crippen molar-refractivity contribution in [3.8, 4) is 5.75 Å². The van der Waals surface area contributed by atoms with E-state index in [0.717, 1.165) is 35.9 Å². The first-order valence-corrected chi connectivity index (χ1v) is 7.31. The first-order valence-electron chi connectivity index (χ1n) is 6.78. The molecular weight excluding hydrogens is 274 g/mol. The van der Waals surface area contributed by atoms with E-state index in [2.05, 4.69) is 14.9 Å². The number of halogens is 1. The summed E-state index contributed by atoms with van der Waals surface area (Å²) < 4.78 is 7.65. The van der Waals surface area contributed by atoms with Gasteiger partial charge in [-0.2, -0.15) is 0 Å². The Morgan fingerprint density at radius 2 is 2.25 bits per heavy atom. The summed E-state index contributed by atoms with van der Waals surface area (Å²) in [7, 11) is 0. The minimum absolute atomic E-state index is 0.450. The van der Waals surface area contributed by atoms with Crippen LogP contribution in [0.1, 0.15) is 18.3 Å². The van der Waals surface area contributed by atoms with E-state index < -0.39 is 0 Å². The average Bonchev–Trinajstić information content (AvgIpc) is 2.86. The van der Waals surface area contributed by atoms with Gasteiger partial charge in [0.2, 0.25) is 0 Å². The summed E-state index contributed by atoms with van der Waals surface area (Å²) in [6.45, 7) is 6.35. The molecule has 1 aromatic heterocycles. The predicted molar refractivity (Wildman–Crippen MR) is 82.6 cm³/mol. The third-order valence-corrected chi connectivity index (χ3v) is 3.40. The Labute approximate surface area is 124 Å². The van der Waals surface area contributed by atoms with Crippen LogP contribution >= 0.6 is 11.6 Å². The lowest BCUT2D eigenvalue weighted by atomic mass is 10.2. The zero-order chi connectivity index (χ0) is 14.4.